The number of nitrogens with zero attached hydrogens (tertiary/aromatic N) is 4. The molecule has 1 atom stereocenters. The van der Waals surface area contributed by atoms with Crippen LogP contribution in [0.2, 0.25) is 0 Å². The van der Waals surface area contributed by atoms with Gasteiger partial charge in [0.05, 0.1) is 45.7 Å². The second-order valence-electron chi connectivity index (χ2n) is 9.92. The summed E-state index contributed by atoms with van der Waals surface area (Å²) in [6.45, 7) is 5.53. The predicted octanol–water partition coefficient (Wildman–Crippen LogP) is 4.03. The first-order chi connectivity index (χ1) is 16.1. The maximum atomic E-state index is 13.4. The summed E-state index contributed by atoms with van der Waals surface area (Å²) in [5, 5.41) is 17.6. The zero-order chi connectivity index (χ0) is 24.3. The molecule has 0 spiro atoms. The van der Waals surface area contributed by atoms with Crippen LogP contribution in [0.3, 0.4) is 0 Å². The summed E-state index contributed by atoms with van der Waals surface area (Å²) in [6, 6.07) is 11.2. The van der Waals surface area contributed by atoms with Crippen molar-refractivity contribution in [1.29, 1.82) is 5.26 Å². The van der Waals surface area contributed by atoms with E-state index in [0.29, 0.717) is 40.3 Å². The minimum Gasteiger partial charge on any atom is -0.322 e. The Labute approximate surface area is 198 Å². The largest absolute Gasteiger partial charge is 0.322 e. The van der Waals surface area contributed by atoms with Crippen molar-refractivity contribution in [1.82, 2.24) is 14.8 Å². The summed E-state index contributed by atoms with van der Waals surface area (Å²) in [6.07, 6.45) is 2.56. The molecule has 2 fully saturated rings. The Kier molecular flexibility index (Phi) is 5.24. The lowest BCUT2D eigenvalue weighted by atomic mass is 9.86. The lowest BCUT2D eigenvalue weighted by Crippen LogP contribution is -2.16. The lowest BCUT2D eigenvalue weighted by Gasteiger charge is -2.16. The van der Waals surface area contributed by atoms with E-state index in [-0.39, 0.29) is 23.5 Å². The number of amides is 1. The van der Waals surface area contributed by atoms with Gasteiger partial charge in [0.2, 0.25) is 0 Å². The van der Waals surface area contributed by atoms with Crippen LogP contribution in [0.25, 0.3) is 11.0 Å². The molecule has 1 aliphatic heterocycles. The molecular weight excluding hydrogens is 450 g/mol. The second-order valence-corrected chi connectivity index (χ2v) is 12.2. The molecule has 1 aromatic carbocycles. The van der Waals surface area contributed by atoms with Crippen LogP contribution in [0.15, 0.2) is 30.3 Å². The van der Waals surface area contributed by atoms with Crippen LogP contribution in [0.4, 0.5) is 5.69 Å². The van der Waals surface area contributed by atoms with Gasteiger partial charge < -0.3 is 5.32 Å². The van der Waals surface area contributed by atoms with E-state index in [1.54, 1.807) is 16.8 Å². The topological polar surface area (TPSA) is 118 Å². The third-order valence-electron chi connectivity index (χ3n) is 6.80. The molecule has 0 bridgehead atoms. The summed E-state index contributed by atoms with van der Waals surface area (Å²) < 4.78 is 25.9. The molecule has 34 heavy (non-hydrogen) atoms. The van der Waals surface area contributed by atoms with Crippen LogP contribution >= 0.6 is 0 Å². The van der Waals surface area contributed by atoms with Crippen molar-refractivity contribution in [3.63, 3.8) is 0 Å². The molecular formula is C25H27N5O3S. The van der Waals surface area contributed by atoms with Gasteiger partial charge in [0.1, 0.15) is 0 Å². The van der Waals surface area contributed by atoms with Crippen LogP contribution < -0.4 is 5.32 Å². The number of aromatic nitrogens is 3. The van der Waals surface area contributed by atoms with E-state index < -0.39 is 15.3 Å². The smallest absolute Gasteiger partial charge is 0.256 e. The van der Waals surface area contributed by atoms with E-state index in [1.807, 2.05) is 39.0 Å². The highest BCUT2D eigenvalue weighted by Crippen LogP contribution is 2.41. The van der Waals surface area contributed by atoms with E-state index in [2.05, 4.69) is 16.5 Å². The molecule has 1 amide bonds. The molecule has 1 saturated heterocycles. The normalized spacial score (nSPS) is 19.8. The van der Waals surface area contributed by atoms with Crippen molar-refractivity contribution < 1.29 is 13.2 Å². The molecule has 3 aromatic rings. The highest BCUT2D eigenvalue weighted by atomic mass is 32.2. The number of nitrogens with one attached hydrogen (secondary N) is 1. The molecule has 8 nitrogen and oxygen atoms in total. The van der Waals surface area contributed by atoms with Gasteiger partial charge in [-0.05, 0) is 63.8 Å². The van der Waals surface area contributed by atoms with Gasteiger partial charge in [-0.25, -0.2) is 18.1 Å². The summed E-state index contributed by atoms with van der Waals surface area (Å²) in [7, 11) is -3.09. The van der Waals surface area contributed by atoms with Gasteiger partial charge in [0.25, 0.3) is 5.91 Å². The fourth-order valence-electron chi connectivity index (χ4n) is 4.56. The summed E-state index contributed by atoms with van der Waals surface area (Å²) in [4.78, 5) is 18.3. The average molecular weight is 478 g/mol. The van der Waals surface area contributed by atoms with E-state index in [1.165, 1.54) is 0 Å². The fraction of sp³-hybridized carbons (Fsp3) is 0.440. The Morgan fingerprint density at radius 3 is 2.50 bits per heavy atom. The van der Waals surface area contributed by atoms with Crippen LogP contribution in [0.5, 0.6) is 0 Å². The van der Waals surface area contributed by atoms with Crippen molar-refractivity contribution in [2.75, 3.05) is 16.8 Å². The number of pyridine rings is 1. The van der Waals surface area contributed by atoms with Crippen molar-refractivity contribution in [2.45, 2.75) is 57.4 Å². The van der Waals surface area contributed by atoms with Crippen molar-refractivity contribution in [2.24, 2.45) is 0 Å². The molecule has 1 saturated carbocycles. The van der Waals surface area contributed by atoms with Gasteiger partial charge in [0, 0.05) is 17.3 Å². The Morgan fingerprint density at radius 1 is 1.21 bits per heavy atom. The highest BCUT2D eigenvalue weighted by molar-refractivity contribution is 7.91. The molecule has 9 heteroatoms. The molecule has 176 valence electrons. The monoisotopic (exact) mass is 477 g/mol. The standard InChI is InChI=1S/C25H27N5O3S/c1-15-22-20(24(31)27-18-8-6-17(7-9-18)25(2,3)14-26)12-21(16-4-5-16)28-23(22)30(29-15)19-10-11-34(32,33)13-19/h6-9,12,16,19H,4-5,10-11,13H2,1-3H3,(H,27,31). The number of aryl methyl sites for hydroxylation is 1. The number of hydrogen-bond donors (Lipinski definition) is 1. The molecule has 5 rings (SSSR count). The number of rotatable bonds is 5. The molecule has 1 aliphatic carbocycles. The van der Waals surface area contributed by atoms with Crippen molar-refractivity contribution >= 4 is 32.5 Å². The third kappa shape index (κ3) is 4.07. The summed E-state index contributed by atoms with van der Waals surface area (Å²) in [5.74, 6) is 0.250. The highest BCUT2D eigenvalue weighted by Gasteiger charge is 2.34. The summed E-state index contributed by atoms with van der Waals surface area (Å²) in [5.41, 5.74) is 3.49. The first-order valence-electron chi connectivity index (χ1n) is 11.5. The van der Waals surface area contributed by atoms with Crippen LogP contribution in [-0.4, -0.2) is 40.6 Å². The number of nitriles is 1. The number of fused-ring (bicyclic) bond motifs is 1. The Bertz CT molecular complexity index is 1440. The van der Waals surface area contributed by atoms with Crippen LogP contribution in [0, 0.1) is 18.3 Å². The minimum atomic E-state index is -3.09. The van der Waals surface area contributed by atoms with E-state index in [9.17, 15) is 18.5 Å². The number of carbonyl (C=O) groups excluding carboxylic acids is 1. The maximum absolute atomic E-state index is 13.4. The van der Waals surface area contributed by atoms with Gasteiger partial charge in [0.15, 0.2) is 15.5 Å². The average Bonchev–Trinajstić information content (AvgIpc) is 3.52. The Morgan fingerprint density at radius 2 is 1.91 bits per heavy atom. The maximum Gasteiger partial charge on any atom is 0.256 e. The predicted molar refractivity (Wildman–Crippen MR) is 130 cm³/mol. The van der Waals surface area contributed by atoms with Gasteiger partial charge in [-0.2, -0.15) is 10.4 Å². The fourth-order valence-corrected chi connectivity index (χ4v) is 6.25. The number of benzene rings is 1. The van der Waals surface area contributed by atoms with Gasteiger partial charge in [-0.15, -0.1) is 0 Å². The first-order valence-corrected chi connectivity index (χ1v) is 13.3. The van der Waals surface area contributed by atoms with E-state index in [4.69, 9.17) is 4.98 Å². The van der Waals surface area contributed by atoms with Gasteiger partial charge in [-0.1, -0.05) is 12.1 Å². The SMILES string of the molecule is Cc1nn(C2CCS(=O)(=O)C2)c2nc(C3CC3)cc(C(=O)Nc3ccc(C(C)(C)C#N)cc3)c12. The van der Waals surface area contributed by atoms with Crippen molar-refractivity contribution in [3.05, 3.63) is 52.8 Å². The Hall–Kier alpha value is -3.25. The van der Waals surface area contributed by atoms with Gasteiger partial charge >= 0.3 is 0 Å². The Balaban J connectivity index is 1.53. The first kappa shape index (κ1) is 22.5. The third-order valence-corrected chi connectivity index (χ3v) is 8.55. The molecule has 3 heterocycles. The quantitative estimate of drug-likeness (QED) is 0.593. The zero-order valence-corrected chi connectivity index (χ0v) is 20.3. The molecule has 1 N–H and O–H groups in total. The number of sulfone groups is 1. The van der Waals surface area contributed by atoms with E-state index >= 15 is 0 Å². The van der Waals surface area contributed by atoms with Gasteiger partial charge in [-0.3, -0.25) is 4.79 Å². The minimum absolute atomic E-state index is 0.0471. The summed E-state index contributed by atoms with van der Waals surface area (Å²) >= 11 is 0. The van der Waals surface area contributed by atoms with E-state index in [0.717, 1.165) is 24.1 Å². The molecule has 2 aromatic heterocycles. The van der Waals surface area contributed by atoms with Crippen LogP contribution in [-0.2, 0) is 15.3 Å². The molecule has 1 unspecified atom stereocenters. The number of hydrogen-bond acceptors (Lipinski definition) is 6. The number of carbonyl (C=O) groups is 1. The molecule has 2 aliphatic rings. The lowest BCUT2D eigenvalue weighted by molar-refractivity contribution is 0.102. The molecule has 0 radical (unpaired) electrons. The zero-order valence-electron chi connectivity index (χ0n) is 19.5. The van der Waals surface area contributed by atoms with Crippen molar-refractivity contribution in [3.8, 4) is 6.07 Å². The van der Waals surface area contributed by atoms with Crippen LogP contribution in [0.1, 0.15) is 72.4 Å². The second kappa shape index (κ2) is 7.91. The number of anilines is 1.